The Morgan fingerprint density at radius 1 is 1.09 bits per heavy atom. The van der Waals surface area contributed by atoms with E-state index in [0.29, 0.717) is 10.9 Å². The average Bonchev–Trinajstić information content (AvgIpc) is 3.20. The summed E-state index contributed by atoms with van der Waals surface area (Å²) >= 11 is 5.98. The lowest BCUT2D eigenvalue weighted by atomic mass is 9.94. The lowest BCUT2D eigenvalue weighted by Gasteiger charge is -2.32. The van der Waals surface area contributed by atoms with Crippen molar-refractivity contribution in [1.82, 2.24) is 20.1 Å². The van der Waals surface area contributed by atoms with E-state index in [1.54, 1.807) is 0 Å². The Morgan fingerprint density at radius 3 is 2.42 bits per heavy atom. The van der Waals surface area contributed by atoms with Gasteiger partial charge in [0.2, 0.25) is 11.8 Å². The molecule has 0 unspecified atom stereocenters. The predicted octanol–water partition coefficient (Wildman–Crippen LogP) is 4.75. The molecule has 4 rings (SSSR count). The molecule has 0 atom stereocenters. The highest BCUT2D eigenvalue weighted by molar-refractivity contribution is 6.30. The van der Waals surface area contributed by atoms with Gasteiger partial charge in [-0.3, -0.25) is 9.69 Å². The number of likely N-dealkylation sites (tertiary alicyclic amines) is 2. The van der Waals surface area contributed by atoms with Gasteiger partial charge in [0.25, 0.3) is 0 Å². The van der Waals surface area contributed by atoms with Crippen molar-refractivity contribution in [3.8, 4) is 11.5 Å². The number of hydrogen-bond donors (Lipinski definition) is 1. The Balaban J connectivity index is 1.18. The quantitative estimate of drug-likeness (QED) is 0.600. The van der Waals surface area contributed by atoms with Gasteiger partial charge in [-0.15, -0.1) is 0 Å². The summed E-state index contributed by atoms with van der Waals surface area (Å²) in [6, 6.07) is 7.55. The van der Waals surface area contributed by atoms with Gasteiger partial charge in [-0.05, 0) is 89.0 Å². The number of oxazole rings is 1. The first-order valence-corrected chi connectivity index (χ1v) is 12.8. The summed E-state index contributed by atoms with van der Waals surface area (Å²) < 4.78 is 5.90. The number of piperidine rings is 2. The molecular formula is C26H37ClN4O2. The van der Waals surface area contributed by atoms with Crippen LogP contribution < -0.4 is 5.32 Å². The molecule has 7 heteroatoms. The minimum atomic E-state index is 0.120. The van der Waals surface area contributed by atoms with Gasteiger partial charge >= 0.3 is 0 Å². The second-order valence-electron chi connectivity index (χ2n) is 9.56. The zero-order valence-corrected chi connectivity index (χ0v) is 20.7. The summed E-state index contributed by atoms with van der Waals surface area (Å²) in [4.78, 5) is 22.2. The number of amides is 1. The van der Waals surface area contributed by atoms with Crippen LogP contribution >= 0.6 is 11.6 Å². The third kappa shape index (κ3) is 6.58. The number of rotatable bonds is 8. The number of hydrogen-bond acceptors (Lipinski definition) is 5. The Morgan fingerprint density at radius 2 is 1.76 bits per heavy atom. The maximum Gasteiger partial charge on any atom is 0.226 e. The maximum atomic E-state index is 12.7. The Labute approximate surface area is 202 Å². The molecule has 6 nitrogen and oxygen atoms in total. The van der Waals surface area contributed by atoms with Crippen LogP contribution in [0.15, 0.2) is 28.7 Å². The van der Waals surface area contributed by atoms with Crippen LogP contribution in [-0.4, -0.2) is 60.0 Å². The fourth-order valence-electron chi connectivity index (χ4n) is 4.96. The van der Waals surface area contributed by atoms with Crippen molar-refractivity contribution in [2.45, 2.75) is 52.5 Å². The number of halogens is 1. The van der Waals surface area contributed by atoms with Crippen molar-refractivity contribution >= 4 is 17.5 Å². The molecule has 33 heavy (non-hydrogen) atoms. The SMILES string of the molecule is CCC1CCN(CCNC(=O)C2CCN(Cc3nc(-c4ccc(Cl)cc4)oc3C)CC2)CC1. The summed E-state index contributed by atoms with van der Waals surface area (Å²) in [5.41, 5.74) is 1.90. The number of aromatic nitrogens is 1. The van der Waals surface area contributed by atoms with Crippen LogP contribution in [0.5, 0.6) is 0 Å². The molecule has 1 aromatic heterocycles. The first-order valence-electron chi connectivity index (χ1n) is 12.5. The van der Waals surface area contributed by atoms with Crippen LogP contribution in [0.3, 0.4) is 0 Å². The van der Waals surface area contributed by atoms with Gasteiger partial charge in [0.05, 0.1) is 5.69 Å². The Bertz CT molecular complexity index is 898. The van der Waals surface area contributed by atoms with E-state index in [-0.39, 0.29) is 11.8 Å². The Kier molecular flexibility index (Phi) is 8.45. The van der Waals surface area contributed by atoms with E-state index in [1.165, 1.54) is 32.4 Å². The molecule has 0 radical (unpaired) electrons. The molecule has 3 heterocycles. The molecule has 0 spiro atoms. The molecule has 2 aliphatic rings. The number of carbonyl (C=O) groups excluding carboxylic acids is 1. The molecule has 1 N–H and O–H groups in total. The van der Waals surface area contributed by atoms with Crippen LogP contribution in [0.25, 0.3) is 11.5 Å². The van der Waals surface area contributed by atoms with Gasteiger partial charge in [0.1, 0.15) is 5.76 Å². The van der Waals surface area contributed by atoms with Gasteiger partial charge in [-0.1, -0.05) is 24.9 Å². The molecule has 0 aliphatic carbocycles. The minimum Gasteiger partial charge on any atom is -0.441 e. The highest BCUT2D eigenvalue weighted by atomic mass is 35.5. The first kappa shape index (κ1) is 24.2. The van der Waals surface area contributed by atoms with Crippen LogP contribution in [0.4, 0.5) is 0 Å². The molecule has 0 bridgehead atoms. The molecule has 1 aromatic carbocycles. The third-order valence-electron chi connectivity index (χ3n) is 7.33. The number of benzene rings is 1. The summed E-state index contributed by atoms with van der Waals surface area (Å²) in [7, 11) is 0. The van der Waals surface area contributed by atoms with Crippen LogP contribution in [-0.2, 0) is 11.3 Å². The minimum absolute atomic E-state index is 0.120. The predicted molar refractivity (Wildman–Crippen MR) is 132 cm³/mol. The smallest absolute Gasteiger partial charge is 0.226 e. The number of aryl methyl sites for hydroxylation is 1. The van der Waals surface area contributed by atoms with E-state index < -0.39 is 0 Å². The van der Waals surface area contributed by atoms with Crippen LogP contribution in [0, 0.1) is 18.8 Å². The molecular weight excluding hydrogens is 436 g/mol. The average molecular weight is 473 g/mol. The molecule has 2 aromatic rings. The lowest BCUT2D eigenvalue weighted by molar-refractivity contribution is -0.126. The fraction of sp³-hybridized carbons (Fsp3) is 0.615. The maximum absolute atomic E-state index is 12.7. The highest BCUT2D eigenvalue weighted by Gasteiger charge is 2.26. The van der Waals surface area contributed by atoms with Crippen LogP contribution in [0.1, 0.15) is 50.5 Å². The number of nitrogens with zero attached hydrogens (tertiary/aromatic N) is 3. The van der Waals surface area contributed by atoms with Gasteiger partial charge in [-0.2, -0.15) is 0 Å². The standard InChI is InChI=1S/C26H37ClN4O2/c1-3-20-8-13-30(14-9-20)17-12-28-25(32)21-10-15-31(16-11-21)18-24-19(2)33-26(29-24)22-4-6-23(27)7-5-22/h4-7,20-21H,3,8-18H2,1-2H3,(H,28,32). The number of nitrogens with one attached hydrogen (secondary N) is 1. The van der Waals surface area contributed by atoms with Crippen LogP contribution in [0.2, 0.25) is 5.02 Å². The van der Waals surface area contributed by atoms with Crippen molar-refractivity contribution in [3.05, 3.63) is 40.7 Å². The van der Waals surface area contributed by atoms with E-state index in [4.69, 9.17) is 21.0 Å². The summed E-state index contributed by atoms with van der Waals surface area (Å²) in [5, 5.41) is 3.89. The van der Waals surface area contributed by atoms with Crippen molar-refractivity contribution in [1.29, 1.82) is 0 Å². The van der Waals surface area contributed by atoms with E-state index in [1.807, 2.05) is 31.2 Å². The van der Waals surface area contributed by atoms with Gasteiger partial charge in [0.15, 0.2) is 0 Å². The summed E-state index contributed by atoms with van der Waals surface area (Å²) in [6.45, 7) is 10.9. The molecule has 2 aliphatic heterocycles. The molecule has 1 amide bonds. The monoisotopic (exact) mass is 472 g/mol. The zero-order chi connectivity index (χ0) is 23.2. The normalized spacial score (nSPS) is 19.1. The van der Waals surface area contributed by atoms with Crippen molar-refractivity contribution in [2.24, 2.45) is 11.8 Å². The zero-order valence-electron chi connectivity index (χ0n) is 20.0. The summed E-state index contributed by atoms with van der Waals surface area (Å²) in [6.07, 6.45) is 5.69. The molecule has 2 saturated heterocycles. The van der Waals surface area contributed by atoms with Gasteiger partial charge < -0.3 is 14.6 Å². The molecule has 180 valence electrons. The summed E-state index contributed by atoms with van der Waals surface area (Å²) in [5.74, 6) is 2.72. The lowest BCUT2D eigenvalue weighted by Crippen LogP contribution is -2.43. The topological polar surface area (TPSA) is 61.6 Å². The van der Waals surface area contributed by atoms with Crippen molar-refractivity contribution in [2.75, 3.05) is 39.3 Å². The highest BCUT2D eigenvalue weighted by Crippen LogP contribution is 2.26. The Hall–Kier alpha value is -1.89. The largest absolute Gasteiger partial charge is 0.441 e. The van der Waals surface area contributed by atoms with E-state index in [2.05, 4.69) is 22.0 Å². The molecule has 0 saturated carbocycles. The van der Waals surface area contributed by atoms with Gasteiger partial charge in [-0.25, -0.2) is 4.98 Å². The van der Waals surface area contributed by atoms with Crippen molar-refractivity contribution in [3.63, 3.8) is 0 Å². The van der Waals surface area contributed by atoms with E-state index in [0.717, 1.165) is 68.5 Å². The fourth-order valence-corrected chi connectivity index (χ4v) is 5.08. The molecule has 2 fully saturated rings. The third-order valence-corrected chi connectivity index (χ3v) is 7.58. The van der Waals surface area contributed by atoms with E-state index in [9.17, 15) is 4.79 Å². The van der Waals surface area contributed by atoms with E-state index >= 15 is 0 Å². The second kappa shape index (κ2) is 11.5. The second-order valence-corrected chi connectivity index (χ2v) is 10.00. The number of carbonyl (C=O) groups is 1. The van der Waals surface area contributed by atoms with Crippen molar-refractivity contribution < 1.29 is 9.21 Å². The van der Waals surface area contributed by atoms with Gasteiger partial charge in [0, 0.05) is 36.1 Å². The first-order chi connectivity index (χ1) is 16.0.